The fraction of sp³-hybridized carbons (Fsp3) is 0.529. The van der Waals surface area contributed by atoms with Crippen LogP contribution in [0.2, 0.25) is 0 Å². The Kier molecular flexibility index (Phi) is 5.51. The number of hydrogen-bond donors (Lipinski definition) is 2. The third kappa shape index (κ3) is 4.07. The highest BCUT2D eigenvalue weighted by Crippen LogP contribution is 2.43. The van der Waals surface area contributed by atoms with E-state index in [0.717, 1.165) is 25.0 Å². The van der Waals surface area contributed by atoms with Crippen molar-refractivity contribution >= 4 is 11.8 Å². The number of alkyl halides is 3. The average molecular weight is 342 g/mol. The van der Waals surface area contributed by atoms with Gasteiger partial charge in [-0.2, -0.15) is 13.2 Å². The maximum absolute atomic E-state index is 13.0. The van der Waals surface area contributed by atoms with Gasteiger partial charge in [-0.3, -0.25) is 9.59 Å². The van der Waals surface area contributed by atoms with Crippen molar-refractivity contribution < 1.29 is 22.8 Å². The Morgan fingerprint density at radius 2 is 1.88 bits per heavy atom. The Balaban J connectivity index is 2.18. The van der Waals surface area contributed by atoms with E-state index in [1.165, 1.54) is 6.07 Å². The molecule has 7 heteroatoms. The molecule has 0 heterocycles. The van der Waals surface area contributed by atoms with Crippen LogP contribution >= 0.6 is 0 Å². The van der Waals surface area contributed by atoms with Crippen molar-refractivity contribution in [3.05, 3.63) is 35.4 Å². The standard InChI is InChI=1S/C17H21F3N2O2/c18-17(19,20)13-6-3-5-12(11-13)16(8-1-2-9-16)15(24)22-10-4-7-14(21)23/h3,5-6,11H,1-2,4,7-10H2,(H2,21,23)(H,22,24). The van der Waals surface area contributed by atoms with Crippen LogP contribution in [0.5, 0.6) is 0 Å². The molecule has 2 amide bonds. The molecule has 0 bridgehead atoms. The highest BCUT2D eigenvalue weighted by molar-refractivity contribution is 5.88. The van der Waals surface area contributed by atoms with Gasteiger partial charge < -0.3 is 11.1 Å². The molecule has 1 saturated carbocycles. The number of amides is 2. The van der Waals surface area contributed by atoms with Crippen LogP contribution in [0, 0.1) is 0 Å². The first-order chi connectivity index (χ1) is 11.3. The molecule has 1 aliphatic carbocycles. The molecule has 1 aliphatic rings. The van der Waals surface area contributed by atoms with Gasteiger partial charge in [0.2, 0.25) is 11.8 Å². The summed E-state index contributed by atoms with van der Waals surface area (Å²) in [7, 11) is 0. The predicted octanol–water partition coefficient (Wildman–Crippen LogP) is 2.90. The van der Waals surface area contributed by atoms with Crippen molar-refractivity contribution in [3.63, 3.8) is 0 Å². The van der Waals surface area contributed by atoms with E-state index < -0.39 is 23.1 Å². The first-order valence-electron chi connectivity index (χ1n) is 8.00. The first kappa shape index (κ1) is 18.3. The number of carbonyl (C=O) groups excluding carboxylic acids is 2. The van der Waals surface area contributed by atoms with Gasteiger partial charge in [0.1, 0.15) is 0 Å². The van der Waals surface area contributed by atoms with E-state index in [1.54, 1.807) is 6.07 Å². The van der Waals surface area contributed by atoms with Gasteiger partial charge in [-0.05, 0) is 30.9 Å². The molecule has 0 unspecified atom stereocenters. The summed E-state index contributed by atoms with van der Waals surface area (Å²) in [5, 5.41) is 2.75. The number of nitrogens with one attached hydrogen (secondary N) is 1. The largest absolute Gasteiger partial charge is 0.416 e. The number of rotatable bonds is 6. The van der Waals surface area contributed by atoms with E-state index in [-0.39, 0.29) is 18.9 Å². The lowest BCUT2D eigenvalue weighted by Crippen LogP contribution is -2.43. The van der Waals surface area contributed by atoms with Crippen molar-refractivity contribution in [2.24, 2.45) is 5.73 Å². The van der Waals surface area contributed by atoms with Crippen molar-refractivity contribution in [2.45, 2.75) is 50.1 Å². The highest BCUT2D eigenvalue weighted by Gasteiger charge is 2.43. The van der Waals surface area contributed by atoms with Crippen molar-refractivity contribution in [1.29, 1.82) is 0 Å². The third-order valence-corrected chi connectivity index (χ3v) is 4.52. The lowest BCUT2D eigenvalue weighted by atomic mass is 9.77. The molecule has 0 atom stereocenters. The molecule has 4 nitrogen and oxygen atoms in total. The zero-order valence-electron chi connectivity index (χ0n) is 13.3. The quantitative estimate of drug-likeness (QED) is 0.780. The fourth-order valence-electron chi connectivity index (χ4n) is 3.25. The van der Waals surface area contributed by atoms with Gasteiger partial charge in [-0.15, -0.1) is 0 Å². The number of halogens is 3. The number of hydrogen-bond acceptors (Lipinski definition) is 2. The molecule has 0 aromatic heterocycles. The first-order valence-corrected chi connectivity index (χ1v) is 8.00. The van der Waals surface area contributed by atoms with Gasteiger partial charge in [0.15, 0.2) is 0 Å². The average Bonchev–Trinajstić information content (AvgIpc) is 3.01. The molecule has 0 radical (unpaired) electrons. The molecular formula is C17H21F3N2O2. The maximum Gasteiger partial charge on any atom is 0.416 e. The molecule has 0 saturated heterocycles. The zero-order valence-corrected chi connectivity index (χ0v) is 13.3. The van der Waals surface area contributed by atoms with Gasteiger partial charge in [-0.1, -0.05) is 31.0 Å². The minimum atomic E-state index is -4.44. The van der Waals surface area contributed by atoms with Crippen molar-refractivity contribution in [3.8, 4) is 0 Å². The van der Waals surface area contributed by atoms with Crippen molar-refractivity contribution in [1.82, 2.24) is 5.32 Å². The lowest BCUT2D eigenvalue weighted by Gasteiger charge is -2.29. The summed E-state index contributed by atoms with van der Waals surface area (Å²) < 4.78 is 38.9. The van der Waals surface area contributed by atoms with Gasteiger partial charge in [0.05, 0.1) is 11.0 Å². The summed E-state index contributed by atoms with van der Waals surface area (Å²) in [5.41, 5.74) is 3.79. The van der Waals surface area contributed by atoms with Crippen LogP contribution in [-0.4, -0.2) is 18.4 Å². The Bertz CT molecular complexity index is 608. The van der Waals surface area contributed by atoms with Gasteiger partial charge >= 0.3 is 6.18 Å². The van der Waals surface area contributed by atoms with Crippen LogP contribution in [-0.2, 0) is 21.2 Å². The van der Waals surface area contributed by atoms with Gasteiger partial charge in [0, 0.05) is 13.0 Å². The van der Waals surface area contributed by atoms with Crippen LogP contribution in [0.1, 0.15) is 49.7 Å². The third-order valence-electron chi connectivity index (χ3n) is 4.52. The second-order valence-corrected chi connectivity index (χ2v) is 6.19. The molecular weight excluding hydrogens is 321 g/mol. The molecule has 1 aromatic rings. The Labute approximate surface area is 138 Å². The monoisotopic (exact) mass is 342 g/mol. The summed E-state index contributed by atoms with van der Waals surface area (Å²) in [5.74, 6) is -0.721. The SMILES string of the molecule is NC(=O)CCCNC(=O)C1(c2cccc(C(F)(F)F)c2)CCCC1. The summed E-state index contributed by atoms with van der Waals surface area (Å²) in [4.78, 5) is 23.4. The van der Waals surface area contributed by atoms with E-state index in [0.29, 0.717) is 24.8 Å². The highest BCUT2D eigenvalue weighted by atomic mass is 19.4. The Morgan fingerprint density at radius 1 is 1.21 bits per heavy atom. The minimum Gasteiger partial charge on any atom is -0.370 e. The van der Waals surface area contributed by atoms with Crippen LogP contribution in [0.15, 0.2) is 24.3 Å². The zero-order chi connectivity index (χ0) is 17.8. The molecule has 0 spiro atoms. The smallest absolute Gasteiger partial charge is 0.370 e. The Morgan fingerprint density at radius 3 is 2.46 bits per heavy atom. The van der Waals surface area contributed by atoms with E-state index in [9.17, 15) is 22.8 Å². The van der Waals surface area contributed by atoms with Crippen molar-refractivity contribution in [2.75, 3.05) is 6.54 Å². The van der Waals surface area contributed by atoms with Gasteiger partial charge in [-0.25, -0.2) is 0 Å². The summed E-state index contributed by atoms with van der Waals surface area (Å²) in [6.07, 6.45) is -1.22. The van der Waals surface area contributed by atoms with E-state index in [1.807, 2.05) is 0 Å². The topological polar surface area (TPSA) is 72.2 Å². The maximum atomic E-state index is 13.0. The molecule has 3 N–H and O–H groups in total. The number of nitrogens with two attached hydrogens (primary N) is 1. The molecule has 24 heavy (non-hydrogen) atoms. The van der Waals surface area contributed by atoms with E-state index >= 15 is 0 Å². The molecule has 1 aromatic carbocycles. The molecule has 132 valence electrons. The Hall–Kier alpha value is -2.05. The number of carbonyl (C=O) groups is 2. The second kappa shape index (κ2) is 7.23. The second-order valence-electron chi connectivity index (χ2n) is 6.19. The number of benzene rings is 1. The normalized spacial score (nSPS) is 16.8. The van der Waals surface area contributed by atoms with E-state index in [4.69, 9.17) is 5.73 Å². The predicted molar refractivity (Wildman–Crippen MR) is 83.0 cm³/mol. The molecule has 0 aliphatic heterocycles. The lowest BCUT2D eigenvalue weighted by molar-refractivity contribution is -0.138. The number of primary amides is 1. The summed E-state index contributed by atoms with van der Waals surface area (Å²) in [6, 6.07) is 5.02. The van der Waals surface area contributed by atoms with E-state index in [2.05, 4.69) is 5.32 Å². The van der Waals surface area contributed by atoms with Crippen LogP contribution < -0.4 is 11.1 Å². The van der Waals surface area contributed by atoms with Gasteiger partial charge in [0.25, 0.3) is 0 Å². The van der Waals surface area contributed by atoms with Crippen LogP contribution in [0.4, 0.5) is 13.2 Å². The minimum absolute atomic E-state index is 0.164. The molecule has 2 rings (SSSR count). The summed E-state index contributed by atoms with van der Waals surface area (Å²) >= 11 is 0. The summed E-state index contributed by atoms with van der Waals surface area (Å²) in [6.45, 7) is 0.280. The van der Waals surface area contributed by atoms with Crippen LogP contribution in [0.25, 0.3) is 0 Å². The fourth-order valence-corrected chi connectivity index (χ4v) is 3.25. The van der Waals surface area contributed by atoms with Crippen LogP contribution in [0.3, 0.4) is 0 Å². The molecule has 1 fully saturated rings.